The van der Waals surface area contributed by atoms with Gasteiger partial charge in [-0.25, -0.2) is 8.42 Å². The molecule has 0 radical (unpaired) electrons. The van der Waals surface area contributed by atoms with E-state index in [1.165, 1.54) is 0 Å². The Hall–Kier alpha value is -0.910. The van der Waals surface area contributed by atoms with Crippen LogP contribution in [0.5, 0.6) is 0 Å². The number of nitrogens with zero attached hydrogens (tertiary/aromatic N) is 1. The highest BCUT2D eigenvalue weighted by Crippen LogP contribution is 2.23. The van der Waals surface area contributed by atoms with Gasteiger partial charge in [-0.15, -0.1) is 0 Å². The van der Waals surface area contributed by atoms with Crippen molar-refractivity contribution in [2.24, 2.45) is 0 Å². The highest BCUT2D eigenvalue weighted by atomic mass is 32.2. The van der Waals surface area contributed by atoms with Crippen LogP contribution in [0.1, 0.15) is 37.8 Å². The second kappa shape index (κ2) is 6.24. The van der Waals surface area contributed by atoms with E-state index >= 15 is 0 Å². The summed E-state index contributed by atoms with van der Waals surface area (Å²) in [7, 11) is -3.31. The molecule has 4 nitrogen and oxygen atoms in total. The molecule has 112 valence electrons. The van der Waals surface area contributed by atoms with Crippen molar-refractivity contribution in [1.82, 2.24) is 9.62 Å². The van der Waals surface area contributed by atoms with Crippen molar-refractivity contribution in [1.29, 1.82) is 0 Å². The van der Waals surface area contributed by atoms with Crippen LogP contribution in [0.25, 0.3) is 0 Å². The molecule has 1 heterocycles. The van der Waals surface area contributed by atoms with Crippen molar-refractivity contribution in [3.05, 3.63) is 29.3 Å². The number of hydrogen-bond donors (Lipinski definition) is 1. The van der Waals surface area contributed by atoms with E-state index < -0.39 is 10.0 Å². The minimum atomic E-state index is -3.31. The van der Waals surface area contributed by atoms with Gasteiger partial charge in [-0.05, 0) is 43.0 Å². The number of nitrogens with one attached hydrogen (secondary N) is 1. The fraction of sp³-hybridized carbons (Fsp3) is 0.600. The molecule has 20 heavy (non-hydrogen) atoms. The summed E-state index contributed by atoms with van der Waals surface area (Å²) < 4.78 is 26.7. The second-order valence-corrected chi connectivity index (χ2v) is 7.67. The molecule has 0 aliphatic carbocycles. The molecule has 1 saturated heterocycles. The molecule has 1 N–H and O–H groups in total. The van der Waals surface area contributed by atoms with Gasteiger partial charge in [-0.2, -0.15) is 4.31 Å². The topological polar surface area (TPSA) is 49.4 Å². The largest absolute Gasteiger partial charge is 0.310 e. The fourth-order valence-electron chi connectivity index (χ4n) is 2.39. The van der Waals surface area contributed by atoms with Gasteiger partial charge in [0.25, 0.3) is 0 Å². The molecule has 0 spiro atoms. The molecular weight excluding hydrogens is 272 g/mol. The van der Waals surface area contributed by atoms with Crippen LogP contribution < -0.4 is 5.32 Å². The summed E-state index contributed by atoms with van der Waals surface area (Å²) in [5.41, 5.74) is 2.18. The van der Waals surface area contributed by atoms with Gasteiger partial charge in [-0.3, -0.25) is 0 Å². The summed E-state index contributed by atoms with van der Waals surface area (Å²) in [4.78, 5) is 0.422. The zero-order valence-electron chi connectivity index (χ0n) is 12.5. The van der Waals surface area contributed by atoms with Gasteiger partial charge in [-0.1, -0.05) is 19.9 Å². The highest BCUT2D eigenvalue weighted by Gasteiger charge is 2.27. The van der Waals surface area contributed by atoms with Gasteiger partial charge in [0.05, 0.1) is 4.90 Å². The predicted molar refractivity (Wildman–Crippen MR) is 81.1 cm³/mol. The Labute approximate surface area is 122 Å². The maximum atomic E-state index is 12.5. The molecule has 0 bridgehead atoms. The normalized spacial score (nSPS) is 17.0. The van der Waals surface area contributed by atoms with E-state index in [-0.39, 0.29) is 0 Å². The Morgan fingerprint density at radius 1 is 1.25 bits per heavy atom. The van der Waals surface area contributed by atoms with Crippen LogP contribution in [0.15, 0.2) is 23.1 Å². The lowest BCUT2D eigenvalue weighted by Gasteiger charge is -2.17. The summed E-state index contributed by atoms with van der Waals surface area (Å²) in [6, 6.07) is 5.83. The third kappa shape index (κ3) is 3.40. The van der Waals surface area contributed by atoms with Crippen LogP contribution >= 0.6 is 0 Å². The van der Waals surface area contributed by atoms with Crippen molar-refractivity contribution in [2.45, 2.75) is 51.1 Å². The maximum absolute atomic E-state index is 12.5. The Balaban J connectivity index is 2.26. The number of aryl methyl sites for hydroxylation is 1. The van der Waals surface area contributed by atoms with Crippen LogP contribution in [0.2, 0.25) is 0 Å². The number of rotatable bonds is 5. The molecule has 1 aliphatic heterocycles. The predicted octanol–water partition coefficient (Wildman–Crippen LogP) is 2.28. The first-order valence-electron chi connectivity index (χ1n) is 7.24. The molecule has 0 amide bonds. The van der Waals surface area contributed by atoms with E-state index in [0.29, 0.717) is 30.6 Å². The van der Waals surface area contributed by atoms with Crippen LogP contribution in [0.3, 0.4) is 0 Å². The van der Waals surface area contributed by atoms with Gasteiger partial charge in [0.15, 0.2) is 0 Å². The molecule has 1 aliphatic rings. The van der Waals surface area contributed by atoms with E-state index in [9.17, 15) is 8.42 Å². The van der Waals surface area contributed by atoms with Gasteiger partial charge in [0, 0.05) is 25.7 Å². The lowest BCUT2D eigenvalue weighted by Crippen LogP contribution is -2.28. The van der Waals surface area contributed by atoms with Crippen LogP contribution in [0.4, 0.5) is 0 Å². The molecule has 5 heteroatoms. The standard InChI is InChI=1S/C15H24N2O2S/c1-12(2)16-11-14-10-15(7-6-13(14)3)20(18,19)17-8-4-5-9-17/h6-7,10,12,16H,4-5,8-9,11H2,1-3H3. The van der Waals surface area contributed by atoms with Gasteiger partial charge < -0.3 is 5.32 Å². The van der Waals surface area contributed by atoms with Crippen molar-refractivity contribution < 1.29 is 8.42 Å². The van der Waals surface area contributed by atoms with E-state index in [0.717, 1.165) is 24.0 Å². The first kappa shape index (κ1) is 15.5. The number of benzene rings is 1. The average Bonchev–Trinajstić information content (AvgIpc) is 2.92. The fourth-order valence-corrected chi connectivity index (χ4v) is 3.96. The van der Waals surface area contributed by atoms with Crippen LogP contribution in [-0.4, -0.2) is 31.9 Å². The number of hydrogen-bond acceptors (Lipinski definition) is 3. The molecule has 0 atom stereocenters. The Kier molecular flexibility index (Phi) is 4.83. The molecule has 1 fully saturated rings. The zero-order chi connectivity index (χ0) is 14.8. The minimum absolute atomic E-state index is 0.383. The van der Waals surface area contributed by atoms with Crippen LogP contribution in [0, 0.1) is 6.92 Å². The molecule has 1 aromatic carbocycles. The van der Waals surface area contributed by atoms with E-state index in [1.807, 2.05) is 19.1 Å². The quantitative estimate of drug-likeness (QED) is 0.907. The van der Waals surface area contributed by atoms with Gasteiger partial charge in [0.1, 0.15) is 0 Å². The first-order valence-corrected chi connectivity index (χ1v) is 8.68. The van der Waals surface area contributed by atoms with Crippen molar-refractivity contribution in [2.75, 3.05) is 13.1 Å². The molecular formula is C15H24N2O2S. The third-order valence-electron chi connectivity index (χ3n) is 3.72. The molecule has 0 aromatic heterocycles. The third-order valence-corrected chi connectivity index (χ3v) is 5.62. The Morgan fingerprint density at radius 2 is 1.90 bits per heavy atom. The van der Waals surface area contributed by atoms with Gasteiger partial charge >= 0.3 is 0 Å². The summed E-state index contributed by atoms with van der Waals surface area (Å²) in [6.45, 7) is 8.18. The van der Waals surface area contributed by atoms with E-state index in [1.54, 1.807) is 10.4 Å². The Morgan fingerprint density at radius 3 is 2.50 bits per heavy atom. The second-order valence-electron chi connectivity index (χ2n) is 5.74. The van der Waals surface area contributed by atoms with E-state index in [4.69, 9.17) is 0 Å². The smallest absolute Gasteiger partial charge is 0.243 e. The summed E-state index contributed by atoms with van der Waals surface area (Å²) in [6.07, 6.45) is 1.93. The van der Waals surface area contributed by atoms with E-state index in [2.05, 4.69) is 19.2 Å². The van der Waals surface area contributed by atoms with Crippen molar-refractivity contribution in [3.8, 4) is 0 Å². The maximum Gasteiger partial charge on any atom is 0.243 e. The average molecular weight is 296 g/mol. The lowest BCUT2D eigenvalue weighted by atomic mass is 10.1. The molecule has 2 rings (SSSR count). The Bertz CT molecular complexity index is 561. The highest BCUT2D eigenvalue weighted by molar-refractivity contribution is 7.89. The summed E-state index contributed by atoms with van der Waals surface area (Å²) in [5.74, 6) is 0. The summed E-state index contributed by atoms with van der Waals surface area (Å²) in [5, 5.41) is 3.34. The minimum Gasteiger partial charge on any atom is -0.310 e. The number of sulfonamides is 1. The lowest BCUT2D eigenvalue weighted by molar-refractivity contribution is 0.477. The molecule has 1 aromatic rings. The zero-order valence-corrected chi connectivity index (χ0v) is 13.3. The molecule has 0 saturated carbocycles. The monoisotopic (exact) mass is 296 g/mol. The van der Waals surface area contributed by atoms with Gasteiger partial charge in [0.2, 0.25) is 10.0 Å². The van der Waals surface area contributed by atoms with Crippen molar-refractivity contribution in [3.63, 3.8) is 0 Å². The first-order chi connectivity index (χ1) is 9.41. The molecule has 0 unspecified atom stereocenters. The summed E-state index contributed by atoms with van der Waals surface area (Å²) >= 11 is 0. The van der Waals surface area contributed by atoms with Crippen molar-refractivity contribution >= 4 is 10.0 Å². The van der Waals surface area contributed by atoms with Crippen LogP contribution in [-0.2, 0) is 16.6 Å². The SMILES string of the molecule is Cc1ccc(S(=O)(=O)N2CCCC2)cc1CNC(C)C.